The first-order chi connectivity index (χ1) is 7.72. The molecule has 0 aliphatic rings. The van der Waals surface area contributed by atoms with Gasteiger partial charge in [0.25, 0.3) is 0 Å². The number of thiophene rings is 1. The fourth-order valence-electron chi connectivity index (χ4n) is 1.54. The molecule has 0 aliphatic carbocycles. The van der Waals surface area contributed by atoms with Crippen LogP contribution in [0.5, 0.6) is 0 Å². The molecular weight excluding hydrogens is 247 g/mol. The van der Waals surface area contributed by atoms with E-state index in [0.717, 1.165) is 20.6 Å². The Labute approximate surface area is 99.9 Å². The van der Waals surface area contributed by atoms with Crippen LogP contribution < -0.4 is 0 Å². The Hall–Kier alpha value is -1.39. The number of pyridine rings is 1. The van der Waals surface area contributed by atoms with Crippen LogP contribution in [0.1, 0.15) is 0 Å². The van der Waals surface area contributed by atoms with E-state index in [-0.39, 0.29) is 5.82 Å². The van der Waals surface area contributed by atoms with Gasteiger partial charge in [-0.2, -0.15) is 0 Å². The first kappa shape index (κ1) is 9.81. The normalized spacial score (nSPS) is 11.1. The van der Waals surface area contributed by atoms with Crippen molar-refractivity contribution in [2.75, 3.05) is 0 Å². The van der Waals surface area contributed by atoms with Crippen molar-refractivity contribution >= 4 is 28.6 Å². The second-order valence-electron chi connectivity index (χ2n) is 3.34. The van der Waals surface area contributed by atoms with E-state index < -0.39 is 0 Å². The van der Waals surface area contributed by atoms with Crippen LogP contribution >= 0.6 is 22.9 Å². The van der Waals surface area contributed by atoms with E-state index in [2.05, 4.69) is 4.98 Å². The maximum Gasteiger partial charge on any atom is 0.139 e. The van der Waals surface area contributed by atoms with Gasteiger partial charge in [0.1, 0.15) is 11.5 Å². The van der Waals surface area contributed by atoms with Crippen LogP contribution in [0.15, 0.2) is 36.7 Å². The van der Waals surface area contributed by atoms with Crippen molar-refractivity contribution in [1.29, 1.82) is 0 Å². The van der Waals surface area contributed by atoms with Gasteiger partial charge in [0.2, 0.25) is 0 Å². The van der Waals surface area contributed by atoms with Crippen LogP contribution in [-0.2, 0) is 0 Å². The molecule has 80 valence electrons. The quantitative estimate of drug-likeness (QED) is 0.643. The number of fused-ring (bicyclic) bond motifs is 1. The van der Waals surface area contributed by atoms with E-state index in [1.807, 2.05) is 12.1 Å². The fourth-order valence-corrected chi connectivity index (χ4v) is 2.53. The molecule has 0 N–H and O–H groups in total. The molecule has 0 radical (unpaired) electrons. The third-order valence-electron chi connectivity index (χ3n) is 2.24. The highest BCUT2D eigenvalue weighted by Crippen LogP contribution is 2.30. The first-order valence-electron chi connectivity index (χ1n) is 4.62. The van der Waals surface area contributed by atoms with Gasteiger partial charge in [-0.3, -0.25) is 0 Å². The zero-order valence-electron chi connectivity index (χ0n) is 8.02. The summed E-state index contributed by atoms with van der Waals surface area (Å²) in [7, 11) is 0. The number of hydrogen-bond donors (Lipinski definition) is 0. The molecule has 3 heterocycles. The zero-order valence-corrected chi connectivity index (χ0v) is 9.60. The number of imidazole rings is 1. The van der Waals surface area contributed by atoms with Gasteiger partial charge in [-0.05, 0) is 24.3 Å². The van der Waals surface area contributed by atoms with Gasteiger partial charge in [-0.25, -0.2) is 9.37 Å². The minimum atomic E-state index is -0.277. The molecule has 0 atom stereocenters. The number of halogens is 2. The van der Waals surface area contributed by atoms with Crippen molar-refractivity contribution in [1.82, 2.24) is 9.38 Å². The Morgan fingerprint density at radius 2 is 2.06 bits per heavy atom. The zero-order chi connectivity index (χ0) is 11.1. The Bertz CT molecular complexity index is 659. The predicted octanol–water partition coefficient (Wildman–Crippen LogP) is 3.86. The first-order valence-corrected chi connectivity index (χ1v) is 5.82. The van der Waals surface area contributed by atoms with Crippen LogP contribution in [-0.4, -0.2) is 9.38 Å². The van der Waals surface area contributed by atoms with Gasteiger partial charge >= 0.3 is 0 Å². The lowest BCUT2D eigenvalue weighted by Crippen LogP contribution is -1.83. The van der Waals surface area contributed by atoms with Crippen molar-refractivity contribution in [3.8, 4) is 10.6 Å². The van der Waals surface area contributed by atoms with Gasteiger partial charge in [0.15, 0.2) is 0 Å². The topological polar surface area (TPSA) is 17.3 Å². The lowest BCUT2D eigenvalue weighted by atomic mass is 10.4. The monoisotopic (exact) mass is 252 g/mol. The molecule has 3 aromatic heterocycles. The molecule has 2 nitrogen and oxygen atoms in total. The molecule has 3 aromatic rings. The molecule has 0 aromatic carbocycles. The van der Waals surface area contributed by atoms with E-state index in [9.17, 15) is 4.39 Å². The molecule has 0 amide bonds. The molecule has 0 saturated carbocycles. The summed E-state index contributed by atoms with van der Waals surface area (Å²) in [5.74, 6) is -0.277. The van der Waals surface area contributed by atoms with Crippen molar-refractivity contribution < 1.29 is 4.39 Å². The maximum absolute atomic E-state index is 13.0. The number of aromatic nitrogens is 2. The fraction of sp³-hybridized carbons (Fsp3) is 0. The van der Waals surface area contributed by atoms with Gasteiger partial charge in [0, 0.05) is 12.4 Å². The minimum Gasteiger partial charge on any atom is -0.303 e. The third-order valence-corrected chi connectivity index (χ3v) is 3.49. The summed E-state index contributed by atoms with van der Waals surface area (Å²) in [6.07, 6.45) is 3.20. The van der Waals surface area contributed by atoms with Crippen LogP contribution in [0, 0.1) is 5.82 Å². The molecule has 0 aliphatic heterocycles. The Morgan fingerprint density at radius 3 is 2.81 bits per heavy atom. The highest BCUT2D eigenvalue weighted by atomic mass is 35.5. The van der Waals surface area contributed by atoms with Crippen molar-refractivity contribution in [2.45, 2.75) is 0 Å². The standard InChI is InChI=1S/C11H6ClFN2S/c12-10-3-2-9(16-10)8-6-15-5-7(13)1-4-11(15)14-8/h1-6H. The maximum atomic E-state index is 13.0. The summed E-state index contributed by atoms with van der Waals surface area (Å²) < 4.78 is 15.4. The SMILES string of the molecule is Fc1ccc2nc(-c3ccc(Cl)s3)cn2c1. The summed E-state index contributed by atoms with van der Waals surface area (Å²) >= 11 is 7.31. The van der Waals surface area contributed by atoms with E-state index >= 15 is 0 Å². The molecular formula is C11H6ClFN2S. The Morgan fingerprint density at radius 1 is 1.19 bits per heavy atom. The van der Waals surface area contributed by atoms with Crippen LogP contribution in [0.2, 0.25) is 4.34 Å². The molecule has 0 unspecified atom stereocenters. The van der Waals surface area contributed by atoms with Crippen LogP contribution in [0.3, 0.4) is 0 Å². The largest absolute Gasteiger partial charge is 0.303 e. The van der Waals surface area contributed by atoms with E-state index in [1.54, 1.807) is 16.7 Å². The van der Waals surface area contributed by atoms with Crippen LogP contribution in [0.25, 0.3) is 16.2 Å². The summed E-state index contributed by atoms with van der Waals surface area (Å²) in [6, 6.07) is 6.78. The summed E-state index contributed by atoms with van der Waals surface area (Å²) in [5.41, 5.74) is 1.53. The van der Waals surface area contributed by atoms with E-state index in [1.165, 1.54) is 23.6 Å². The third kappa shape index (κ3) is 1.60. The summed E-state index contributed by atoms with van der Waals surface area (Å²) in [4.78, 5) is 5.37. The molecule has 0 saturated heterocycles. The van der Waals surface area contributed by atoms with Gasteiger partial charge in [-0.1, -0.05) is 11.6 Å². The molecule has 0 bridgehead atoms. The highest BCUT2D eigenvalue weighted by molar-refractivity contribution is 7.19. The lowest BCUT2D eigenvalue weighted by Gasteiger charge is -1.90. The highest BCUT2D eigenvalue weighted by Gasteiger charge is 2.07. The summed E-state index contributed by atoms with van der Waals surface area (Å²) in [6.45, 7) is 0. The van der Waals surface area contributed by atoms with Gasteiger partial charge < -0.3 is 4.40 Å². The molecule has 0 spiro atoms. The second-order valence-corrected chi connectivity index (χ2v) is 5.06. The predicted molar refractivity (Wildman–Crippen MR) is 63.5 cm³/mol. The Balaban J connectivity index is 2.18. The molecule has 0 fully saturated rings. The average Bonchev–Trinajstić information content (AvgIpc) is 2.83. The minimum absolute atomic E-state index is 0.277. The van der Waals surface area contributed by atoms with Gasteiger partial charge in [0.05, 0.1) is 14.9 Å². The second kappa shape index (κ2) is 3.57. The molecule has 16 heavy (non-hydrogen) atoms. The molecule has 5 heteroatoms. The van der Waals surface area contributed by atoms with Crippen molar-refractivity contribution in [2.24, 2.45) is 0 Å². The lowest BCUT2D eigenvalue weighted by molar-refractivity contribution is 0.619. The Kier molecular flexibility index (Phi) is 2.19. The van der Waals surface area contributed by atoms with Gasteiger partial charge in [-0.15, -0.1) is 11.3 Å². The number of rotatable bonds is 1. The smallest absolute Gasteiger partial charge is 0.139 e. The summed E-state index contributed by atoms with van der Waals surface area (Å²) in [5, 5.41) is 0. The average molecular weight is 253 g/mol. The van der Waals surface area contributed by atoms with Crippen molar-refractivity contribution in [3.63, 3.8) is 0 Å². The van der Waals surface area contributed by atoms with Crippen molar-refractivity contribution in [3.05, 3.63) is 46.8 Å². The number of nitrogens with zero attached hydrogens (tertiary/aromatic N) is 2. The van der Waals surface area contributed by atoms with E-state index in [0.29, 0.717) is 0 Å². The van der Waals surface area contributed by atoms with Crippen LogP contribution in [0.4, 0.5) is 4.39 Å². The number of hydrogen-bond acceptors (Lipinski definition) is 2. The van der Waals surface area contributed by atoms with E-state index in [4.69, 9.17) is 11.6 Å². The molecule has 3 rings (SSSR count).